The lowest BCUT2D eigenvalue weighted by Gasteiger charge is -2.23. The molecule has 0 unspecified atom stereocenters. The van der Waals surface area contributed by atoms with E-state index in [0.717, 1.165) is 0 Å². The van der Waals surface area contributed by atoms with Gasteiger partial charge >= 0.3 is 0 Å². The standard InChI is InChI=1S/C44H36Si2/c1-33-17-9-11-23-39(33)41-25-13-15-27-43(41)45(35-19-5-3-6-20-35)37-29-31-38(32-30-37)46(36-21-7-4-8-22-36)44-28-16-14-26-42(44)40-24-12-10-18-34(40)2/h3-32H,1-2H3. The predicted octanol–water partition coefficient (Wildman–Crippen LogP) is 6.67. The summed E-state index contributed by atoms with van der Waals surface area (Å²) in [6.45, 7) is 4.44. The third-order valence-electron chi connectivity index (χ3n) is 8.85. The fourth-order valence-electron chi connectivity index (χ4n) is 6.59. The Labute approximate surface area is 276 Å². The average Bonchev–Trinajstić information content (AvgIpc) is 3.11. The van der Waals surface area contributed by atoms with Crippen LogP contribution in [0.15, 0.2) is 182 Å². The van der Waals surface area contributed by atoms with E-state index in [2.05, 4.69) is 196 Å². The second-order valence-electron chi connectivity index (χ2n) is 11.8. The highest BCUT2D eigenvalue weighted by Gasteiger charge is 2.26. The Hall–Kier alpha value is -5.03. The summed E-state index contributed by atoms with van der Waals surface area (Å²) in [6, 6.07) is 67.6. The minimum absolute atomic E-state index is 1.29. The van der Waals surface area contributed by atoms with Gasteiger partial charge in [-0.25, -0.2) is 0 Å². The summed E-state index contributed by atoms with van der Waals surface area (Å²) in [5.41, 5.74) is 7.92. The Kier molecular flexibility index (Phi) is 8.73. The van der Waals surface area contributed by atoms with Gasteiger partial charge in [-0.3, -0.25) is 0 Å². The van der Waals surface area contributed by atoms with Gasteiger partial charge in [0.15, 0.2) is 17.6 Å². The first kappa shape index (κ1) is 29.7. The molecule has 220 valence electrons. The van der Waals surface area contributed by atoms with E-state index in [9.17, 15) is 0 Å². The molecule has 0 N–H and O–H groups in total. The zero-order valence-corrected chi connectivity index (χ0v) is 28.3. The Morgan fingerprint density at radius 1 is 0.261 bits per heavy atom. The Balaban J connectivity index is 1.37. The molecule has 0 aromatic heterocycles. The van der Waals surface area contributed by atoms with Crippen molar-refractivity contribution in [1.29, 1.82) is 0 Å². The highest BCUT2D eigenvalue weighted by molar-refractivity contribution is 6.97. The van der Waals surface area contributed by atoms with Crippen LogP contribution >= 0.6 is 0 Å². The van der Waals surface area contributed by atoms with Gasteiger partial charge in [-0.05, 0) is 57.6 Å². The largest absolute Gasteiger partial charge is 0.155 e. The van der Waals surface area contributed by atoms with E-state index in [1.165, 1.54) is 64.5 Å². The smallest absolute Gasteiger partial charge is 0.0625 e. The SMILES string of the molecule is Cc1ccccc1-c1ccccc1[Si](c1ccccc1)c1ccc([Si](c2ccccc2)c2ccccc2-c2ccccc2C)cc1. The van der Waals surface area contributed by atoms with E-state index in [1.54, 1.807) is 0 Å². The van der Waals surface area contributed by atoms with Crippen molar-refractivity contribution in [2.45, 2.75) is 13.8 Å². The summed E-state index contributed by atoms with van der Waals surface area (Å²) in [5, 5.41) is 8.48. The summed E-state index contributed by atoms with van der Waals surface area (Å²) in [4.78, 5) is 0. The molecular formula is C44H36Si2. The van der Waals surface area contributed by atoms with Crippen LogP contribution in [0.25, 0.3) is 22.3 Å². The van der Waals surface area contributed by atoms with Crippen LogP contribution in [0.3, 0.4) is 0 Å². The van der Waals surface area contributed by atoms with Crippen molar-refractivity contribution >= 4 is 48.7 Å². The van der Waals surface area contributed by atoms with Gasteiger partial charge in [0.2, 0.25) is 0 Å². The van der Waals surface area contributed by atoms with Crippen LogP contribution in [0.4, 0.5) is 0 Å². The van der Waals surface area contributed by atoms with Crippen LogP contribution in [0.5, 0.6) is 0 Å². The van der Waals surface area contributed by atoms with Crippen molar-refractivity contribution in [2.24, 2.45) is 0 Å². The maximum atomic E-state index is 2.43. The first-order valence-corrected chi connectivity index (χ1v) is 19.0. The van der Waals surface area contributed by atoms with Gasteiger partial charge in [-0.15, -0.1) is 0 Å². The molecule has 0 amide bonds. The van der Waals surface area contributed by atoms with Crippen LogP contribution in [0.1, 0.15) is 11.1 Å². The van der Waals surface area contributed by atoms with Crippen LogP contribution in [0.2, 0.25) is 0 Å². The molecule has 7 rings (SSSR count). The molecule has 0 aliphatic heterocycles. The topological polar surface area (TPSA) is 0 Å². The average molecular weight is 621 g/mol. The Morgan fingerprint density at radius 2 is 0.543 bits per heavy atom. The molecule has 0 saturated heterocycles. The summed E-state index contributed by atoms with van der Waals surface area (Å²) >= 11 is 0. The lowest BCUT2D eigenvalue weighted by atomic mass is 10.0. The van der Waals surface area contributed by atoms with Gasteiger partial charge in [-0.1, -0.05) is 203 Å². The summed E-state index contributed by atoms with van der Waals surface area (Å²) < 4.78 is 0. The molecule has 2 radical (unpaired) electrons. The van der Waals surface area contributed by atoms with Crippen molar-refractivity contribution < 1.29 is 0 Å². The van der Waals surface area contributed by atoms with E-state index in [1.807, 2.05) is 0 Å². The monoisotopic (exact) mass is 620 g/mol. The minimum atomic E-state index is -1.29. The second kappa shape index (κ2) is 13.5. The minimum Gasteiger partial charge on any atom is -0.0625 e. The van der Waals surface area contributed by atoms with E-state index in [-0.39, 0.29) is 0 Å². The Bertz CT molecular complexity index is 1910. The van der Waals surface area contributed by atoms with Gasteiger partial charge in [0.25, 0.3) is 0 Å². The lowest BCUT2D eigenvalue weighted by molar-refractivity contribution is 1.46. The molecule has 0 fully saturated rings. The molecule has 46 heavy (non-hydrogen) atoms. The highest BCUT2D eigenvalue weighted by Crippen LogP contribution is 2.23. The number of hydrogen-bond acceptors (Lipinski definition) is 0. The molecule has 0 aliphatic carbocycles. The Morgan fingerprint density at radius 3 is 0.913 bits per heavy atom. The summed E-state index contributed by atoms with van der Waals surface area (Å²) in [7, 11) is -2.57. The second-order valence-corrected chi connectivity index (χ2v) is 16.7. The van der Waals surface area contributed by atoms with E-state index < -0.39 is 17.6 Å². The van der Waals surface area contributed by atoms with Crippen LogP contribution in [0, 0.1) is 13.8 Å². The molecule has 0 atom stereocenters. The first-order valence-electron chi connectivity index (χ1n) is 16.0. The number of rotatable bonds is 8. The van der Waals surface area contributed by atoms with Gasteiger partial charge in [-0.2, -0.15) is 0 Å². The van der Waals surface area contributed by atoms with E-state index in [4.69, 9.17) is 0 Å². The fourth-order valence-corrected chi connectivity index (χ4v) is 12.1. The normalized spacial score (nSPS) is 11.2. The molecule has 0 heterocycles. The van der Waals surface area contributed by atoms with Crippen LogP contribution < -0.4 is 31.1 Å². The van der Waals surface area contributed by atoms with Crippen molar-refractivity contribution in [3.8, 4) is 22.3 Å². The van der Waals surface area contributed by atoms with Crippen molar-refractivity contribution in [1.82, 2.24) is 0 Å². The van der Waals surface area contributed by atoms with Crippen molar-refractivity contribution in [2.75, 3.05) is 0 Å². The van der Waals surface area contributed by atoms with Gasteiger partial charge < -0.3 is 0 Å². The molecule has 0 saturated carbocycles. The van der Waals surface area contributed by atoms with E-state index in [0.29, 0.717) is 0 Å². The molecule has 0 spiro atoms. The maximum absolute atomic E-state index is 2.43. The molecule has 0 aliphatic rings. The number of benzene rings is 7. The molecular weight excluding hydrogens is 585 g/mol. The molecule has 0 nitrogen and oxygen atoms in total. The third-order valence-corrected chi connectivity index (χ3v) is 14.4. The first-order chi connectivity index (χ1) is 22.7. The zero-order valence-electron chi connectivity index (χ0n) is 26.3. The number of hydrogen-bond donors (Lipinski definition) is 0. The van der Waals surface area contributed by atoms with Gasteiger partial charge in [0.1, 0.15) is 0 Å². The number of aryl methyl sites for hydroxylation is 2. The summed E-state index contributed by atoms with van der Waals surface area (Å²) in [6.07, 6.45) is 0. The lowest BCUT2D eigenvalue weighted by Crippen LogP contribution is -2.55. The van der Waals surface area contributed by atoms with E-state index >= 15 is 0 Å². The zero-order chi connectivity index (χ0) is 31.3. The van der Waals surface area contributed by atoms with Crippen molar-refractivity contribution in [3.05, 3.63) is 193 Å². The van der Waals surface area contributed by atoms with Gasteiger partial charge in [0, 0.05) is 0 Å². The highest BCUT2D eigenvalue weighted by atomic mass is 28.3. The quantitative estimate of drug-likeness (QED) is 0.132. The van der Waals surface area contributed by atoms with Gasteiger partial charge in [0.05, 0.1) is 0 Å². The fraction of sp³-hybridized carbons (Fsp3) is 0.0455. The molecule has 2 heteroatoms. The predicted molar refractivity (Wildman–Crippen MR) is 202 cm³/mol. The maximum Gasteiger partial charge on any atom is 0.155 e. The molecule has 7 aromatic carbocycles. The third kappa shape index (κ3) is 5.98. The van der Waals surface area contributed by atoms with Crippen molar-refractivity contribution in [3.63, 3.8) is 0 Å². The van der Waals surface area contributed by atoms with Crippen LogP contribution in [-0.2, 0) is 0 Å². The summed E-state index contributed by atoms with van der Waals surface area (Å²) in [5.74, 6) is 0. The molecule has 7 aromatic rings. The molecule has 0 bridgehead atoms. The van der Waals surface area contributed by atoms with Crippen LogP contribution in [-0.4, -0.2) is 17.6 Å².